The third-order valence-electron chi connectivity index (χ3n) is 4.38. The van der Waals surface area contributed by atoms with Gasteiger partial charge in [0.05, 0.1) is 0 Å². The zero-order chi connectivity index (χ0) is 14.4. The van der Waals surface area contributed by atoms with E-state index in [1.54, 1.807) is 0 Å². The molecule has 0 spiro atoms. The Morgan fingerprint density at radius 1 is 1.20 bits per heavy atom. The lowest BCUT2D eigenvalue weighted by Crippen LogP contribution is -2.60. The quantitative estimate of drug-likeness (QED) is 0.755. The van der Waals surface area contributed by atoms with Gasteiger partial charge >= 0.3 is 0 Å². The summed E-state index contributed by atoms with van der Waals surface area (Å²) in [6.07, 6.45) is 6.76. The van der Waals surface area contributed by atoms with Crippen LogP contribution >= 0.6 is 0 Å². The van der Waals surface area contributed by atoms with Crippen LogP contribution in [0.4, 0.5) is 0 Å². The number of likely N-dealkylation sites (N-methyl/N-ethyl adjacent to an activating group) is 1. The normalized spacial score (nSPS) is 25.1. The maximum absolute atomic E-state index is 12.7. The van der Waals surface area contributed by atoms with Crippen molar-refractivity contribution in [3.05, 3.63) is 0 Å². The number of carbonyl (C=O) groups excluding carboxylic acids is 2. The summed E-state index contributed by atoms with van der Waals surface area (Å²) in [6.45, 7) is 4.53. The molecule has 2 rings (SSSR count). The summed E-state index contributed by atoms with van der Waals surface area (Å²) in [4.78, 5) is 26.7. The SMILES string of the molecule is CCNC(=O)C1CNCCN1C(=O)C1CCCCCC1. The minimum absolute atomic E-state index is 0.0262. The van der Waals surface area contributed by atoms with Gasteiger partial charge in [0.1, 0.15) is 6.04 Å². The van der Waals surface area contributed by atoms with Gasteiger partial charge in [-0.05, 0) is 19.8 Å². The second kappa shape index (κ2) is 7.62. The summed E-state index contributed by atoms with van der Waals surface area (Å²) >= 11 is 0. The topological polar surface area (TPSA) is 61.4 Å². The highest BCUT2D eigenvalue weighted by atomic mass is 16.2. The number of hydrogen-bond acceptors (Lipinski definition) is 3. The molecule has 0 bridgehead atoms. The first-order chi connectivity index (χ1) is 9.74. The molecule has 2 amide bonds. The van der Waals surface area contributed by atoms with Crippen molar-refractivity contribution >= 4 is 11.8 Å². The highest BCUT2D eigenvalue weighted by Crippen LogP contribution is 2.25. The number of piperazine rings is 1. The lowest BCUT2D eigenvalue weighted by molar-refractivity contribution is -0.145. The molecule has 2 fully saturated rings. The monoisotopic (exact) mass is 281 g/mol. The Hall–Kier alpha value is -1.10. The van der Waals surface area contributed by atoms with Crippen LogP contribution in [0.2, 0.25) is 0 Å². The molecule has 0 radical (unpaired) electrons. The fraction of sp³-hybridized carbons (Fsp3) is 0.867. The van der Waals surface area contributed by atoms with E-state index >= 15 is 0 Å². The van der Waals surface area contributed by atoms with E-state index in [1.807, 2.05) is 11.8 Å². The molecule has 1 heterocycles. The molecule has 0 aromatic heterocycles. The number of rotatable bonds is 3. The number of nitrogens with one attached hydrogen (secondary N) is 2. The van der Waals surface area contributed by atoms with Gasteiger partial charge in [-0.1, -0.05) is 25.7 Å². The van der Waals surface area contributed by atoms with E-state index < -0.39 is 0 Å². The molecule has 2 N–H and O–H groups in total. The molecular weight excluding hydrogens is 254 g/mol. The molecule has 1 unspecified atom stereocenters. The van der Waals surface area contributed by atoms with E-state index in [1.165, 1.54) is 12.8 Å². The fourth-order valence-corrected chi connectivity index (χ4v) is 3.26. The Morgan fingerprint density at radius 3 is 2.55 bits per heavy atom. The van der Waals surface area contributed by atoms with Crippen LogP contribution in [0.15, 0.2) is 0 Å². The highest BCUT2D eigenvalue weighted by molar-refractivity contribution is 5.89. The van der Waals surface area contributed by atoms with Crippen molar-refractivity contribution in [2.45, 2.75) is 51.5 Å². The highest BCUT2D eigenvalue weighted by Gasteiger charge is 2.35. The summed E-state index contributed by atoms with van der Waals surface area (Å²) in [5.74, 6) is 0.304. The van der Waals surface area contributed by atoms with Gasteiger partial charge in [0.15, 0.2) is 0 Å². The maximum Gasteiger partial charge on any atom is 0.244 e. The zero-order valence-corrected chi connectivity index (χ0v) is 12.5. The van der Waals surface area contributed by atoms with Gasteiger partial charge in [0.2, 0.25) is 11.8 Å². The van der Waals surface area contributed by atoms with Crippen LogP contribution < -0.4 is 10.6 Å². The molecule has 20 heavy (non-hydrogen) atoms. The Kier molecular flexibility index (Phi) is 5.83. The number of amides is 2. The molecule has 5 heteroatoms. The Labute approximate surface area is 121 Å². The molecule has 2 aliphatic rings. The molecule has 1 saturated heterocycles. The lowest BCUT2D eigenvalue weighted by atomic mass is 9.97. The lowest BCUT2D eigenvalue weighted by Gasteiger charge is -2.37. The smallest absolute Gasteiger partial charge is 0.244 e. The van der Waals surface area contributed by atoms with E-state index in [2.05, 4.69) is 10.6 Å². The largest absolute Gasteiger partial charge is 0.355 e. The van der Waals surface area contributed by atoms with Gasteiger partial charge in [-0.2, -0.15) is 0 Å². The molecule has 0 aromatic carbocycles. The first-order valence-corrected chi connectivity index (χ1v) is 8.03. The van der Waals surface area contributed by atoms with Crippen molar-refractivity contribution in [1.82, 2.24) is 15.5 Å². The first-order valence-electron chi connectivity index (χ1n) is 8.03. The molecule has 5 nitrogen and oxygen atoms in total. The van der Waals surface area contributed by atoms with E-state index in [9.17, 15) is 9.59 Å². The Bertz CT molecular complexity index is 338. The molecule has 1 saturated carbocycles. The summed E-state index contributed by atoms with van der Waals surface area (Å²) in [6, 6.07) is -0.334. The van der Waals surface area contributed by atoms with E-state index in [0.29, 0.717) is 19.6 Å². The summed E-state index contributed by atoms with van der Waals surface area (Å²) in [5, 5.41) is 6.06. The van der Waals surface area contributed by atoms with Gasteiger partial charge in [0.25, 0.3) is 0 Å². The zero-order valence-electron chi connectivity index (χ0n) is 12.5. The van der Waals surface area contributed by atoms with Crippen LogP contribution in [0.25, 0.3) is 0 Å². The third-order valence-corrected chi connectivity index (χ3v) is 4.38. The van der Waals surface area contributed by atoms with Gasteiger partial charge in [-0.15, -0.1) is 0 Å². The third kappa shape index (κ3) is 3.72. The van der Waals surface area contributed by atoms with Gasteiger partial charge < -0.3 is 15.5 Å². The first kappa shape index (κ1) is 15.3. The minimum atomic E-state index is -0.334. The number of hydrogen-bond donors (Lipinski definition) is 2. The van der Waals surface area contributed by atoms with Crippen LogP contribution in [0.5, 0.6) is 0 Å². The predicted octanol–water partition coefficient (Wildman–Crippen LogP) is 0.893. The van der Waals surface area contributed by atoms with Crippen molar-refractivity contribution in [3.8, 4) is 0 Å². The van der Waals surface area contributed by atoms with Crippen molar-refractivity contribution in [2.75, 3.05) is 26.2 Å². The summed E-state index contributed by atoms with van der Waals surface area (Å²) in [5.41, 5.74) is 0. The van der Waals surface area contributed by atoms with Crippen LogP contribution in [-0.4, -0.2) is 48.9 Å². The molecule has 1 atom stereocenters. The molecular formula is C15H27N3O2. The van der Waals surface area contributed by atoms with Crippen molar-refractivity contribution < 1.29 is 9.59 Å². The van der Waals surface area contributed by atoms with Crippen LogP contribution in [0.1, 0.15) is 45.4 Å². The van der Waals surface area contributed by atoms with Gasteiger partial charge in [-0.25, -0.2) is 0 Å². The second-order valence-electron chi connectivity index (χ2n) is 5.83. The van der Waals surface area contributed by atoms with Crippen molar-refractivity contribution in [3.63, 3.8) is 0 Å². The maximum atomic E-state index is 12.7. The van der Waals surface area contributed by atoms with Crippen molar-refractivity contribution in [2.24, 2.45) is 5.92 Å². The van der Waals surface area contributed by atoms with Crippen LogP contribution in [0, 0.1) is 5.92 Å². The van der Waals surface area contributed by atoms with Crippen LogP contribution in [0.3, 0.4) is 0 Å². The number of nitrogens with zero attached hydrogens (tertiary/aromatic N) is 1. The van der Waals surface area contributed by atoms with Crippen LogP contribution in [-0.2, 0) is 9.59 Å². The average molecular weight is 281 g/mol. The molecule has 0 aromatic rings. The summed E-state index contributed by atoms with van der Waals surface area (Å²) in [7, 11) is 0. The minimum Gasteiger partial charge on any atom is -0.355 e. The fourth-order valence-electron chi connectivity index (χ4n) is 3.26. The van der Waals surface area contributed by atoms with Crippen molar-refractivity contribution in [1.29, 1.82) is 0 Å². The van der Waals surface area contributed by atoms with Gasteiger partial charge in [0, 0.05) is 32.1 Å². The second-order valence-corrected chi connectivity index (χ2v) is 5.83. The summed E-state index contributed by atoms with van der Waals surface area (Å²) < 4.78 is 0. The molecule has 1 aliphatic carbocycles. The number of carbonyl (C=O) groups is 2. The Balaban J connectivity index is 2.02. The van der Waals surface area contributed by atoms with E-state index in [-0.39, 0.29) is 23.8 Å². The molecule has 114 valence electrons. The van der Waals surface area contributed by atoms with E-state index in [0.717, 1.165) is 32.2 Å². The van der Waals surface area contributed by atoms with E-state index in [4.69, 9.17) is 0 Å². The standard InChI is InChI=1S/C15H27N3O2/c1-2-17-14(19)13-11-16-9-10-18(13)15(20)12-7-5-3-4-6-8-12/h12-13,16H,2-11H2,1H3,(H,17,19). The predicted molar refractivity (Wildman–Crippen MR) is 78.2 cm³/mol. The molecule has 1 aliphatic heterocycles. The average Bonchev–Trinajstić information content (AvgIpc) is 2.76. The Morgan fingerprint density at radius 2 is 1.90 bits per heavy atom. The van der Waals surface area contributed by atoms with Gasteiger partial charge in [-0.3, -0.25) is 9.59 Å².